The summed E-state index contributed by atoms with van der Waals surface area (Å²) in [6.45, 7) is 12.2. The van der Waals surface area contributed by atoms with Gasteiger partial charge < -0.3 is 5.32 Å². The van der Waals surface area contributed by atoms with Gasteiger partial charge in [0.1, 0.15) is 5.82 Å². The first-order valence-corrected chi connectivity index (χ1v) is 9.35. The molecular formula is C19H25F2N3OS. The molecule has 1 N–H and O–H groups in total. The van der Waals surface area contributed by atoms with E-state index in [4.69, 9.17) is 0 Å². The van der Waals surface area contributed by atoms with Gasteiger partial charge in [-0.1, -0.05) is 20.8 Å². The van der Waals surface area contributed by atoms with E-state index in [0.29, 0.717) is 10.7 Å². The van der Waals surface area contributed by atoms with Crippen LogP contribution in [0, 0.1) is 11.6 Å². The fourth-order valence-electron chi connectivity index (χ4n) is 2.24. The third kappa shape index (κ3) is 5.06. The molecule has 0 unspecified atom stereocenters. The Kier molecular flexibility index (Phi) is 5.80. The minimum Gasteiger partial charge on any atom is -0.310 e. The van der Waals surface area contributed by atoms with E-state index in [1.165, 1.54) is 6.07 Å². The number of rotatable bonds is 4. The second-order valence-electron chi connectivity index (χ2n) is 8.16. The number of carbonyl (C=O) groups is 1. The van der Waals surface area contributed by atoms with Crippen molar-refractivity contribution >= 4 is 23.5 Å². The van der Waals surface area contributed by atoms with Gasteiger partial charge in [-0.2, -0.15) is 5.10 Å². The highest BCUT2D eigenvalue weighted by atomic mass is 32.2. The molecule has 2 rings (SSSR count). The molecule has 4 nitrogen and oxygen atoms in total. The van der Waals surface area contributed by atoms with Crippen molar-refractivity contribution in [1.29, 1.82) is 0 Å². The zero-order valence-electron chi connectivity index (χ0n) is 16.0. The minimum atomic E-state index is -0.920. The maximum absolute atomic E-state index is 13.2. The highest BCUT2D eigenvalue weighted by Crippen LogP contribution is 2.28. The quantitative estimate of drug-likeness (QED) is 0.763. The maximum Gasteiger partial charge on any atom is 0.235 e. The third-order valence-corrected chi connectivity index (χ3v) is 4.64. The van der Waals surface area contributed by atoms with E-state index in [1.807, 2.05) is 26.8 Å². The molecule has 1 aromatic heterocycles. The van der Waals surface area contributed by atoms with Gasteiger partial charge >= 0.3 is 0 Å². The Morgan fingerprint density at radius 1 is 1.12 bits per heavy atom. The second kappa shape index (κ2) is 7.39. The largest absolute Gasteiger partial charge is 0.310 e. The Morgan fingerprint density at radius 3 is 2.31 bits per heavy atom. The second-order valence-corrected chi connectivity index (χ2v) is 9.21. The Bertz CT molecular complexity index is 804. The maximum atomic E-state index is 13.2. The molecule has 0 saturated heterocycles. The zero-order chi connectivity index (χ0) is 19.7. The number of hydrogen-bond acceptors (Lipinski definition) is 3. The molecule has 1 heterocycles. The number of nitrogens with zero attached hydrogens (tertiary/aromatic N) is 2. The van der Waals surface area contributed by atoms with E-state index >= 15 is 0 Å². The van der Waals surface area contributed by atoms with Crippen molar-refractivity contribution in [2.75, 3.05) is 11.1 Å². The molecule has 0 fully saturated rings. The Labute approximate surface area is 157 Å². The summed E-state index contributed by atoms with van der Waals surface area (Å²) in [4.78, 5) is 12.8. The van der Waals surface area contributed by atoms with Gasteiger partial charge in [0, 0.05) is 16.4 Å². The molecule has 0 saturated carbocycles. The van der Waals surface area contributed by atoms with Crippen LogP contribution in [-0.2, 0) is 15.7 Å². The van der Waals surface area contributed by atoms with Crippen LogP contribution in [0.5, 0.6) is 0 Å². The number of thioether (sulfide) groups is 1. The first kappa shape index (κ1) is 20.4. The smallest absolute Gasteiger partial charge is 0.235 e. The van der Waals surface area contributed by atoms with Crippen molar-refractivity contribution < 1.29 is 13.6 Å². The third-order valence-electron chi connectivity index (χ3n) is 3.64. The molecule has 0 spiro atoms. The van der Waals surface area contributed by atoms with Gasteiger partial charge in [0.25, 0.3) is 0 Å². The van der Waals surface area contributed by atoms with Crippen LogP contribution >= 0.6 is 11.8 Å². The molecule has 2 aromatic rings. The van der Waals surface area contributed by atoms with Crippen molar-refractivity contribution in [2.24, 2.45) is 0 Å². The first-order chi connectivity index (χ1) is 11.9. The average molecular weight is 381 g/mol. The van der Waals surface area contributed by atoms with Gasteiger partial charge in [-0.05, 0) is 39.0 Å². The number of amides is 1. The highest BCUT2D eigenvalue weighted by molar-refractivity contribution is 8.00. The SMILES string of the molecule is CC(C)(C)c1cc(NC(=O)CSc2ccc(F)c(F)c2)n(C(C)(C)C)n1. The summed E-state index contributed by atoms with van der Waals surface area (Å²) in [5.74, 6) is -1.34. The molecule has 7 heteroatoms. The normalized spacial score (nSPS) is 12.3. The number of aromatic nitrogens is 2. The lowest BCUT2D eigenvalue weighted by atomic mass is 9.92. The number of carbonyl (C=O) groups excluding carboxylic acids is 1. The fourth-order valence-corrected chi connectivity index (χ4v) is 2.96. The van der Waals surface area contributed by atoms with Crippen LogP contribution in [0.1, 0.15) is 47.2 Å². The van der Waals surface area contributed by atoms with Gasteiger partial charge in [-0.25, -0.2) is 13.5 Å². The van der Waals surface area contributed by atoms with Crippen molar-refractivity contribution in [1.82, 2.24) is 9.78 Å². The summed E-state index contributed by atoms with van der Waals surface area (Å²) in [5.41, 5.74) is 0.450. The summed E-state index contributed by atoms with van der Waals surface area (Å²) in [6.07, 6.45) is 0. The number of nitrogens with one attached hydrogen (secondary N) is 1. The van der Waals surface area contributed by atoms with Crippen LogP contribution < -0.4 is 5.32 Å². The fraction of sp³-hybridized carbons (Fsp3) is 0.474. The molecular weight excluding hydrogens is 356 g/mol. The predicted molar refractivity (Wildman–Crippen MR) is 102 cm³/mol. The lowest BCUT2D eigenvalue weighted by Gasteiger charge is -2.23. The van der Waals surface area contributed by atoms with Crippen LogP contribution in [0.3, 0.4) is 0 Å². The van der Waals surface area contributed by atoms with Gasteiger partial charge in [0.05, 0.1) is 17.0 Å². The summed E-state index contributed by atoms with van der Waals surface area (Å²) in [7, 11) is 0. The Hall–Kier alpha value is -1.89. The molecule has 0 aliphatic carbocycles. The van der Waals surface area contributed by atoms with Crippen LogP contribution in [0.2, 0.25) is 0 Å². The van der Waals surface area contributed by atoms with Gasteiger partial charge in [0.2, 0.25) is 5.91 Å². The van der Waals surface area contributed by atoms with Gasteiger partial charge in [-0.3, -0.25) is 4.79 Å². The summed E-state index contributed by atoms with van der Waals surface area (Å²) < 4.78 is 28.0. The first-order valence-electron chi connectivity index (χ1n) is 8.36. The van der Waals surface area contributed by atoms with E-state index in [-0.39, 0.29) is 22.6 Å². The molecule has 142 valence electrons. The lowest BCUT2D eigenvalue weighted by Crippen LogP contribution is -2.27. The van der Waals surface area contributed by atoms with E-state index in [2.05, 4.69) is 31.2 Å². The van der Waals surface area contributed by atoms with Crippen molar-refractivity contribution in [3.63, 3.8) is 0 Å². The molecule has 1 aromatic carbocycles. The van der Waals surface area contributed by atoms with Crippen LogP contribution in [0.15, 0.2) is 29.2 Å². The lowest BCUT2D eigenvalue weighted by molar-refractivity contribution is -0.113. The molecule has 26 heavy (non-hydrogen) atoms. The number of benzene rings is 1. The van der Waals surface area contributed by atoms with Crippen LogP contribution in [-0.4, -0.2) is 21.4 Å². The van der Waals surface area contributed by atoms with Crippen molar-refractivity contribution in [3.8, 4) is 0 Å². The summed E-state index contributed by atoms with van der Waals surface area (Å²) in [5, 5.41) is 7.53. The molecule has 0 radical (unpaired) electrons. The predicted octanol–water partition coefficient (Wildman–Crippen LogP) is 4.94. The topological polar surface area (TPSA) is 46.9 Å². The summed E-state index contributed by atoms with van der Waals surface area (Å²) in [6, 6.07) is 5.48. The molecule has 1 amide bonds. The molecule has 0 bridgehead atoms. The number of anilines is 1. The molecule has 0 aliphatic heterocycles. The highest BCUT2D eigenvalue weighted by Gasteiger charge is 2.25. The Morgan fingerprint density at radius 2 is 1.77 bits per heavy atom. The molecule has 0 aliphatic rings. The zero-order valence-corrected chi connectivity index (χ0v) is 16.8. The Balaban J connectivity index is 2.12. The average Bonchev–Trinajstić information content (AvgIpc) is 2.92. The molecule has 0 atom stereocenters. The van der Waals surface area contributed by atoms with E-state index in [0.717, 1.165) is 29.6 Å². The van der Waals surface area contributed by atoms with Gasteiger partial charge in [0.15, 0.2) is 11.6 Å². The van der Waals surface area contributed by atoms with E-state index in [9.17, 15) is 13.6 Å². The standard InChI is InChI=1S/C19H25F2N3OS/c1-18(2,3)15-10-16(24(23-15)19(4,5)6)22-17(25)11-26-12-7-8-13(20)14(21)9-12/h7-10H,11H2,1-6H3,(H,22,25). The summed E-state index contributed by atoms with van der Waals surface area (Å²) >= 11 is 1.15. The monoisotopic (exact) mass is 381 g/mol. The number of halogens is 2. The van der Waals surface area contributed by atoms with E-state index < -0.39 is 11.6 Å². The van der Waals surface area contributed by atoms with E-state index in [1.54, 1.807) is 4.68 Å². The van der Waals surface area contributed by atoms with Crippen LogP contribution in [0.25, 0.3) is 0 Å². The number of hydrogen-bond donors (Lipinski definition) is 1. The van der Waals surface area contributed by atoms with Crippen molar-refractivity contribution in [3.05, 3.63) is 41.6 Å². The van der Waals surface area contributed by atoms with Crippen LogP contribution in [0.4, 0.5) is 14.6 Å². The minimum absolute atomic E-state index is 0.0885. The van der Waals surface area contributed by atoms with Gasteiger partial charge in [-0.15, -0.1) is 11.8 Å². The van der Waals surface area contributed by atoms with Crippen molar-refractivity contribution in [2.45, 2.75) is 57.4 Å².